The lowest BCUT2D eigenvalue weighted by molar-refractivity contribution is -0.461. The molecule has 4 heterocycles. The molecule has 0 amide bonds. The van der Waals surface area contributed by atoms with Crippen molar-refractivity contribution in [3.63, 3.8) is 0 Å². The van der Waals surface area contributed by atoms with Crippen LogP contribution in [0.1, 0.15) is 102 Å². The molecular formula is C56H64N2O12S2. The molecule has 14 rings (SSSR count). The molecule has 8 aliphatic carbocycles. The predicted molar refractivity (Wildman–Crippen MR) is 267 cm³/mol. The second-order valence-electron chi connectivity index (χ2n) is 23.3. The van der Waals surface area contributed by atoms with Crippen molar-refractivity contribution >= 4 is 39.4 Å². The number of ketones is 2. The van der Waals surface area contributed by atoms with Gasteiger partial charge in [-0.2, -0.15) is 0 Å². The normalized spacial score (nSPS) is 44.0. The minimum atomic E-state index is -2.33. The van der Waals surface area contributed by atoms with E-state index in [4.69, 9.17) is 9.47 Å². The number of carbonyl (C=O) groups excluding carboxylic acids is 3. The average molecular weight is 1020 g/mol. The van der Waals surface area contributed by atoms with Crippen LogP contribution < -0.4 is 15.4 Å². The highest BCUT2D eigenvalue weighted by atomic mass is 33.1. The first-order chi connectivity index (χ1) is 34.8. The Balaban J connectivity index is 1.01. The largest absolute Gasteiger partial charge is 0.511 e. The third-order valence-corrected chi connectivity index (χ3v) is 23.2. The molecule has 382 valence electrons. The molecule has 2 aromatic rings. The summed E-state index contributed by atoms with van der Waals surface area (Å²) in [6.45, 7) is -0.505. The maximum absolute atomic E-state index is 16.2. The van der Waals surface area contributed by atoms with E-state index in [0.717, 1.165) is 55.3 Å². The van der Waals surface area contributed by atoms with E-state index in [1.807, 2.05) is 24.3 Å². The van der Waals surface area contributed by atoms with Crippen molar-refractivity contribution in [3.05, 3.63) is 111 Å². The molecule has 4 saturated carbocycles. The summed E-state index contributed by atoms with van der Waals surface area (Å²) in [5, 5.41) is 91.9. The Bertz CT molecular complexity index is 2800. The first kappa shape index (κ1) is 47.7. The highest BCUT2D eigenvalue weighted by Crippen LogP contribution is 2.79. The van der Waals surface area contributed by atoms with Gasteiger partial charge in [0.2, 0.25) is 5.79 Å². The Morgan fingerprint density at radius 1 is 0.958 bits per heavy atom. The van der Waals surface area contributed by atoms with E-state index in [2.05, 4.69) is 16.7 Å². The fourth-order valence-electron chi connectivity index (χ4n) is 17.9. The van der Waals surface area contributed by atoms with Gasteiger partial charge in [-0.15, -0.1) is 0 Å². The van der Waals surface area contributed by atoms with Gasteiger partial charge < -0.3 is 60.6 Å². The predicted octanol–water partition coefficient (Wildman–Crippen LogP) is 5.36. The van der Waals surface area contributed by atoms with Crippen molar-refractivity contribution in [2.45, 2.75) is 118 Å². The standard InChI is InChI=1S/C56H64N2O12S2/c59-14-4-10-43-55-40(17-31(18-42(55)63)16-29-5-1-6-30(15-29)24-60)46(64)35-8-2-9-41(45(35)48(55)65)69-54-13-11-38-36-20-32-19-34-22-51(12-3-7-33(51)25-61)26-52(34,39-21-44(57-23-37(32)39)58-28-71-72-43)47(36)56(68,50(54)67)49(66)53(38,27-62)70-54/h1-2,5-6,8-9,15,17-18,21,25,32-34,36,38,40,43,47,49-50,57-60,62-63,66-68H,3-4,7,10-14,16,19-20,22-24,26-28H2. The van der Waals surface area contributed by atoms with E-state index in [1.165, 1.54) is 27.2 Å². The van der Waals surface area contributed by atoms with Crippen LogP contribution in [0.25, 0.3) is 0 Å². The zero-order valence-electron chi connectivity index (χ0n) is 40.1. The van der Waals surface area contributed by atoms with Gasteiger partial charge in [-0.05, 0) is 139 Å². The smallest absolute Gasteiger partial charge is 0.240 e. The van der Waals surface area contributed by atoms with Crippen LogP contribution in [0.4, 0.5) is 0 Å². The van der Waals surface area contributed by atoms with Crippen LogP contribution in [0.15, 0.2) is 89.0 Å². The molecule has 72 heavy (non-hydrogen) atoms. The average Bonchev–Trinajstić information content (AvgIpc) is 3.87. The van der Waals surface area contributed by atoms with E-state index >= 15 is 9.59 Å². The molecule has 12 aliphatic rings. The lowest BCUT2D eigenvalue weighted by Crippen LogP contribution is -2.88. The van der Waals surface area contributed by atoms with Gasteiger partial charge in [-0.25, -0.2) is 0 Å². The molecule has 16 atom stereocenters. The first-order valence-corrected chi connectivity index (χ1v) is 28.5. The zero-order chi connectivity index (χ0) is 49.7. The summed E-state index contributed by atoms with van der Waals surface area (Å²) in [6, 6.07) is 12.1. The number of Topliss-reactive ketones (excluding diaryl/α,β-unsaturated/α-hetero) is 2. The van der Waals surface area contributed by atoms with Crippen molar-refractivity contribution in [2.75, 3.05) is 25.6 Å². The number of benzene rings is 2. The Morgan fingerprint density at radius 2 is 1.79 bits per heavy atom. The SMILES string of the molecule is O=CC1CCCC12CC1CC3CC4C5CCC67Oc8cccc9c8C(=O)C8(C(O)=CC(Cc%10cccc(CO)c%10)=CC8C9=O)C(CCCO)SSCNC8=CC(=C3CN8)C1(C2)C4C(O)(C6O)C(O)C5(CO)O7. The number of hydrogen-bond acceptors (Lipinski definition) is 16. The van der Waals surface area contributed by atoms with Crippen molar-refractivity contribution in [3.8, 4) is 5.75 Å². The molecule has 4 spiro atoms. The Hall–Kier alpha value is -3.97. The highest BCUT2D eigenvalue weighted by Gasteiger charge is 2.84. The van der Waals surface area contributed by atoms with Crippen LogP contribution in [-0.4, -0.2) is 114 Å². The molecule has 10 bridgehead atoms. The van der Waals surface area contributed by atoms with Crippen LogP contribution in [-0.2, 0) is 22.6 Å². The summed E-state index contributed by atoms with van der Waals surface area (Å²) in [4.78, 5) is 44.7. The Labute approximate surface area is 426 Å². The van der Waals surface area contributed by atoms with Crippen LogP contribution in [0.3, 0.4) is 0 Å². The van der Waals surface area contributed by atoms with Gasteiger partial charge in [0.15, 0.2) is 17.7 Å². The molecule has 0 aromatic heterocycles. The Morgan fingerprint density at radius 3 is 2.60 bits per heavy atom. The molecule has 16 heteroatoms. The number of nitrogens with one attached hydrogen (secondary N) is 2. The summed E-state index contributed by atoms with van der Waals surface area (Å²) in [5.41, 5.74) is -2.67. The van der Waals surface area contributed by atoms with Gasteiger partial charge in [0, 0.05) is 47.6 Å². The molecule has 4 aliphatic heterocycles. The molecule has 14 nitrogen and oxygen atoms in total. The summed E-state index contributed by atoms with van der Waals surface area (Å²) in [5.74, 6) is -5.19. The summed E-state index contributed by atoms with van der Waals surface area (Å²) in [6.07, 6.45) is 9.63. The number of aliphatic hydroxyl groups is 7. The quantitative estimate of drug-likeness (QED) is 0.120. The van der Waals surface area contributed by atoms with E-state index in [9.17, 15) is 40.5 Å². The topological polar surface area (TPSA) is 235 Å². The van der Waals surface area contributed by atoms with E-state index in [0.29, 0.717) is 49.2 Å². The maximum atomic E-state index is 16.2. The summed E-state index contributed by atoms with van der Waals surface area (Å²) < 4.78 is 14.1. The summed E-state index contributed by atoms with van der Waals surface area (Å²) >= 11 is 0. The highest BCUT2D eigenvalue weighted by molar-refractivity contribution is 8.76. The number of dihydropyridines is 1. The monoisotopic (exact) mass is 1020 g/mol. The lowest BCUT2D eigenvalue weighted by atomic mass is 9.42. The third-order valence-electron chi connectivity index (χ3n) is 20.5. The minimum absolute atomic E-state index is 0.0175. The van der Waals surface area contributed by atoms with Gasteiger partial charge >= 0.3 is 0 Å². The fraction of sp³-hybridized carbons (Fsp3) is 0.589. The molecule has 0 radical (unpaired) electrons. The first-order valence-electron chi connectivity index (χ1n) is 26.2. The van der Waals surface area contributed by atoms with Crippen LogP contribution in [0.5, 0.6) is 5.75 Å². The number of aldehydes is 1. The van der Waals surface area contributed by atoms with Crippen molar-refractivity contribution in [2.24, 2.45) is 57.7 Å². The molecular weight excluding hydrogens is 957 g/mol. The molecule has 16 unspecified atom stereocenters. The number of hydrogen-bond donors (Lipinski definition) is 9. The van der Waals surface area contributed by atoms with Gasteiger partial charge in [0.1, 0.15) is 40.5 Å². The van der Waals surface area contributed by atoms with Crippen molar-refractivity contribution in [1.82, 2.24) is 10.6 Å². The van der Waals surface area contributed by atoms with E-state index in [1.54, 1.807) is 30.4 Å². The number of carbonyl (C=O) groups is 3. The van der Waals surface area contributed by atoms with Gasteiger partial charge in [-0.3, -0.25) is 9.59 Å². The van der Waals surface area contributed by atoms with Crippen molar-refractivity contribution in [1.29, 1.82) is 0 Å². The number of rotatable bonds is 8. The lowest BCUT2D eigenvalue weighted by Gasteiger charge is -2.72. The fourth-order valence-corrected chi connectivity index (χ4v) is 20.7. The van der Waals surface area contributed by atoms with Gasteiger partial charge in [-0.1, -0.05) is 70.5 Å². The molecule has 9 N–H and O–H groups in total. The second kappa shape index (κ2) is 16.8. The molecule has 6 fully saturated rings. The van der Waals surface area contributed by atoms with Gasteiger partial charge in [0.05, 0.1) is 36.4 Å². The van der Waals surface area contributed by atoms with Gasteiger partial charge in [0.25, 0.3) is 0 Å². The number of ether oxygens (including phenoxy) is 2. The zero-order valence-corrected chi connectivity index (χ0v) is 41.8. The third kappa shape index (κ3) is 6.10. The van der Waals surface area contributed by atoms with Crippen LogP contribution >= 0.6 is 21.6 Å². The van der Waals surface area contributed by atoms with Crippen LogP contribution in [0.2, 0.25) is 0 Å². The van der Waals surface area contributed by atoms with E-state index < -0.39 is 81.2 Å². The Kier molecular flexibility index (Phi) is 11.1. The molecule has 2 aromatic carbocycles. The minimum Gasteiger partial charge on any atom is -0.511 e. The van der Waals surface area contributed by atoms with Crippen LogP contribution in [0, 0.1) is 57.7 Å². The summed E-state index contributed by atoms with van der Waals surface area (Å²) in [7, 11) is 2.82. The number of allylic oxidation sites excluding steroid dienone is 6. The van der Waals surface area contributed by atoms with Crippen molar-refractivity contribution < 1.29 is 59.6 Å². The van der Waals surface area contributed by atoms with E-state index in [-0.39, 0.29) is 84.2 Å². The maximum Gasteiger partial charge on any atom is 0.240 e. The second-order valence-corrected chi connectivity index (χ2v) is 25.8. The molecule has 2 saturated heterocycles. The number of aliphatic hydroxyl groups excluding tert-OH is 6.